The van der Waals surface area contributed by atoms with E-state index in [-0.39, 0.29) is 17.7 Å². The van der Waals surface area contributed by atoms with Crippen LogP contribution in [0.25, 0.3) is 0 Å². The van der Waals surface area contributed by atoms with Gasteiger partial charge in [0.1, 0.15) is 5.75 Å². The van der Waals surface area contributed by atoms with Gasteiger partial charge in [-0.25, -0.2) is 0 Å². The normalized spacial score (nSPS) is 19.3. The lowest BCUT2D eigenvalue weighted by Crippen LogP contribution is -2.37. The third-order valence-electron chi connectivity index (χ3n) is 4.17. The maximum absolute atomic E-state index is 12.7. The number of alkyl halides is 2. The quantitative estimate of drug-likeness (QED) is 0.903. The van der Waals surface area contributed by atoms with Crippen LogP contribution in [0.15, 0.2) is 12.1 Å². The molecule has 0 bridgehead atoms. The Balaban J connectivity index is 2.22. The number of benzene rings is 1. The average molecular weight is 327 g/mol. The van der Waals surface area contributed by atoms with Gasteiger partial charge in [-0.2, -0.15) is 8.78 Å². The van der Waals surface area contributed by atoms with Crippen molar-refractivity contribution in [2.75, 3.05) is 6.54 Å². The van der Waals surface area contributed by atoms with Gasteiger partial charge in [0.05, 0.1) is 6.10 Å². The molecule has 2 atom stereocenters. The Hall–Kier alpha value is -1.69. The van der Waals surface area contributed by atoms with Crippen molar-refractivity contribution in [2.45, 2.75) is 58.8 Å². The van der Waals surface area contributed by atoms with Gasteiger partial charge in [-0.3, -0.25) is 4.79 Å². The second kappa shape index (κ2) is 7.25. The van der Waals surface area contributed by atoms with Crippen LogP contribution in [-0.2, 0) is 0 Å². The summed E-state index contributed by atoms with van der Waals surface area (Å²) in [5, 5.41) is 9.57. The standard InChI is InChI=1S/C17H23F2NO3/c1-10-7-13(8-11(2)15(10)23-17(18)19)16(22)20-6-4-5-14(20)9-12(3)21/h7-8,12,14,17,21H,4-6,9H2,1-3H3. The monoisotopic (exact) mass is 327 g/mol. The predicted octanol–water partition coefficient (Wildman–Crippen LogP) is 3.28. The van der Waals surface area contributed by atoms with Gasteiger partial charge in [0.15, 0.2) is 0 Å². The topological polar surface area (TPSA) is 49.8 Å². The first-order valence-corrected chi connectivity index (χ1v) is 7.84. The molecule has 1 aliphatic rings. The zero-order chi connectivity index (χ0) is 17.1. The van der Waals surface area contributed by atoms with E-state index in [1.807, 2.05) is 0 Å². The fourth-order valence-electron chi connectivity index (χ4n) is 3.26. The first-order valence-electron chi connectivity index (χ1n) is 7.84. The summed E-state index contributed by atoms with van der Waals surface area (Å²) in [6, 6.07) is 3.20. The third kappa shape index (κ3) is 4.19. The first-order chi connectivity index (χ1) is 10.8. The summed E-state index contributed by atoms with van der Waals surface area (Å²) in [7, 11) is 0. The summed E-state index contributed by atoms with van der Waals surface area (Å²) < 4.78 is 29.4. The first kappa shape index (κ1) is 17.7. The number of rotatable bonds is 5. The number of ether oxygens (including phenoxy) is 1. The lowest BCUT2D eigenvalue weighted by molar-refractivity contribution is -0.0507. The van der Waals surface area contributed by atoms with E-state index in [2.05, 4.69) is 4.74 Å². The smallest absolute Gasteiger partial charge is 0.387 e. The Kier molecular flexibility index (Phi) is 5.57. The second-order valence-electron chi connectivity index (χ2n) is 6.20. The van der Waals surface area contributed by atoms with E-state index < -0.39 is 12.7 Å². The molecule has 128 valence electrons. The number of aliphatic hydroxyl groups is 1. The number of carbonyl (C=O) groups is 1. The van der Waals surface area contributed by atoms with Gasteiger partial charge in [0.2, 0.25) is 0 Å². The summed E-state index contributed by atoms with van der Waals surface area (Å²) in [5.74, 6) is 0.00134. The Bertz CT molecular complexity index is 552. The van der Waals surface area contributed by atoms with Crippen LogP contribution < -0.4 is 4.74 Å². The van der Waals surface area contributed by atoms with Gasteiger partial charge in [0, 0.05) is 18.2 Å². The molecule has 1 heterocycles. The molecule has 1 amide bonds. The lowest BCUT2D eigenvalue weighted by atomic mass is 10.0. The summed E-state index contributed by atoms with van der Waals surface area (Å²) in [6.07, 6.45) is 1.88. The highest BCUT2D eigenvalue weighted by Gasteiger charge is 2.30. The summed E-state index contributed by atoms with van der Waals surface area (Å²) in [5.41, 5.74) is 1.50. The molecular weight excluding hydrogens is 304 g/mol. The Morgan fingerprint density at radius 1 is 1.39 bits per heavy atom. The molecule has 1 N–H and O–H groups in total. The summed E-state index contributed by atoms with van der Waals surface area (Å²) >= 11 is 0. The molecule has 23 heavy (non-hydrogen) atoms. The van der Waals surface area contributed by atoms with E-state index in [9.17, 15) is 18.7 Å². The van der Waals surface area contributed by atoms with Crippen LogP contribution in [0.4, 0.5) is 8.78 Å². The van der Waals surface area contributed by atoms with Gasteiger partial charge in [-0.05, 0) is 63.3 Å². The molecule has 0 radical (unpaired) electrons. The third-order valence-corrected chi connectivity index (χ3v) is 4.17. The van der Waals surface area contributed by atoms with Crippen molar-refractivity contribution in [3.8, 4) is 5.75 Å². The predicted molar refractivity (Wildman–Crippen MR) is 82.9 cm³/mol. The molecule has 0 spiro atoms. The molecular formula is C17H23F2NO3. The van der Waals surface area contributed by atoms with Crippen LogP contribution in [0, 0.1) is 13.8 Å². The van der Waals surface area contributed by atoms with E-state index in [1.54, 1.807) is 37.8 Å². The van der Waals surface area contributed by atoms with Crippen molar-refractivity contribution < 1.29 is 23.4 Å². The zero-order valence-electron chi connectivity index (χ0n) is 13.7. The van der Waals surface area contributed by atoms with E-state index in [0.29, 0.717) is 29.7 Å². The number of amides is 1. The molecule has 1 fully saturated rings. The number of carbonyl (C=O) groups excluding carboxylic acids is 1. The Morgan fingerprint density at radius 2 is 2.00 bits per heavy atom. The van der Waals surface area contributed by atoms with Crippen LogP contribution in [-0.4, -0.2) is 41.2 Å². The zero-order valence-corrected chi connectivity index (χ0v) is 13.7. The molecule has 1 saturated heterocycles. The van der Waals surface area contributed by atoms with Crippen molar-refractivity contribution >= 4 is 5.91 Å². The van der Waals surface area contributed by atoms with Gasteiger partial charge < -0.3 is 14.7 Å². The molecule has 2 rings (SSSR count). The Labute approximate surface area is 135 Å². The number of halogens is 2. The average Bonchev–Trinajstić information content (AvgIpc) is 2.88. The lowest BCUT2D eigenvalue weighted by Gasteiger charge is -2.26. The second-order valence-corrected chi connectivity index (χ2v) is 6.20. The Morgan fingerprint density at radius 3 is 2.52 bits per heavy atom. The van der Waals surface area contributed by atoms with Crippen molar-refractivity contribution in [1.82, 2.24) is 4.90 Å². The van der Waals surface area contributed by atoms with Crippen molar-refractivity contribution in [3.05, 3.63) is 28.8 Å². The van der Waals surface area contributed by atoms with E-state index in [4.69, 9.17) is 0 Å². The van der Waals surface area contributed by atoms with Gasteiger partial charge in [-0.1, -0.05) is 0 Å². The minimum atomic E-state index is -2.89. The van der Waals surface area contributed by atoms with Crippen LogP contribution in [0.1, 0.15) is 47.7 Å². The fourth-order valence-corrected chi connectivity index (χ4v) is 3.26. The molecule has 0 aromatic heterocycles. The number of aliphatic hydroxyl groups excluding tert-OH is 1. The largest absolute Gasteiger partial charge is 0.434 e. The highest BCUT2D eigenvalue weighted by molar-refractivity contribution is 5.95. The van der Waals surface area contributed by atoms with Crippen molar-refractivity contribution in [1.29, 1.82) is 0 Å². The number of aryl methyl sites for hydroxylation is 2. The molecule has 0 saturated carbocycles. The highest BCUT2D eigenvalue weighted by atomic mass is 19.3. The molecule has 1 aromatic carbocycles. The van der Waals surface area contributed by atoms with Gasteiger partial charge >= 0.3 is 6.61 Å². The molecule has 1 aliphatic heterocycles. The number of likely N-dealkylation sites (tertiary alicyclic amines) is 1. The number of hydrogen-bond donors (Lipinski definition) is 1. The van der Waals surface area contributed by atoms with E-state index in [1.165, 1.54) is 0 Å². The molecule has 1 aromatic rings. The van der Waals surface area contributed by atoms with E-state index >= 15 is 0 Å². The molecule has 0 aliphatic carbocycles. The fraction of sp³-hybridized carbons (Fsp3) is 0.588. The summed E-state index contributed by atoms with van der Waals surface area (Å²) in [6.45, 7) is 2.79. The maximum Gasteiger partial charge on any atom is 0.387 e. The number of nitrogens with zero attached hydrogens (tertiary/aromatic N) is 1. The van der Waals surface area contributed by atoms with Crippen molar-refractivity contribution in [3.63, 3.8) is 0 Å². The van der Waals surface area contributed by atoms with Gasteiger partial charge in [-0.15, -0.1) is 0 Å². The highest BCUT2D eigenvalue weighted by Crippen LogP contribution is 2.29. The molecule has 4 nitrogen and oxygen atoms in total. The van der Waals surface area contributed by atoms with Crippen LogP contribution >= 0.6 is 0 Å². The van der Waals surface area contributed by atoms with E-state index in [0.717, 1.165) is 12.8 Å². The SMILES string of the molecule is Cc1cc(C(=O)N2CCCC2CC(C)O)cc(C)c1OC(F)F. The van der Waals surface area contributed by atoms with Crippen LogP contribution in [0.3, 0.4) is 0 Å². The molecule has 2 unspecified atom stereocenters. The molecule has 6 heteroatoms. The van der Waals surface area contributed by atoms with Crippen LogP contribution in [0.5, 0.6) is 5.75 Å². The minimum absolute atomic E-state index is 0.0279. The van der Waals surface area contributed by atoms with Gasteiger partial charge in [0.25, 0.3) is 5.91 Å². The maximum atomic E-state index is 12.7. The van der Waals surface area contributed by atoms with Crippen molar-refractivity contribution in [2.24, 2.45) is 0 Å². The number of hydrogen-bond acceptors (Lipinski definition) is 3. The van der Waals surface area contributed by atoms with Crippen LogP contribution in [0.2, 0.25) is 0 Å². The summed E-state index contributed by atoms with van der Waals surface area (Å²) in [4.78, 5) is 14.5. The minimum Gasteiger partial charge on any atom is -0.434 e.